The maximum atomic E-state index is 12.3. The largest absolute Gasteiger partial charge is 0.495 e. The second-order valence-corrected chi connectivity index (χ2v) is 6.14. The van der Waals surface area contributed by atoms with E-state index in [4.69, 9.17) is 4.74 Å². The van der Waals surface area contributed by atoms with Gasteiger partial charge in [-0.05, 0) is 17.7 Å². The van der Waals surface area contributed by atoms with Crippen molar-refractivity contribution in [2.24, 2.45) is 0 Å². The molecule has 0 unspecified atom stereocenters. The highest BCUT2D eigenvalue weighted by Crippen LogP contribution is 2.23. The maximum Gasteiger partial charge on any atom is 0.269 e. The fourth-order valence-electron chi connectivity index (χ4n) is 1.88. The molecule has 22 heavy (non-hydrogen) atoms. The molecule has 0 aliphatic carbocycles. The Hall–Kier alpha value is -2.45. The molecule has 8 heteroatoms. The summed E-state index contributed by atoms with van der Waals surface area (Å²) in [4.78, 5) is 10.2. The van der Waals surface area contributed by atoms with Gasteiger partial charge in [-0.1, -0.05) is 24.3 Å². The van der Waals surface area contributed by atoms with E-state index < -0.39 is 14.9 Å². The van der Waals surface area contributed by atoms with Crippen molar-refractivity contribution in [3.8, 4) is 5.75 Å². The molecule has 2 rings (SSSR count). The van der Waals surface area contributed by atoms with Crippen molar-refractivity contribution < 1.29 is 18.1 Å². The first kappa shape index (κ1) is 15.9. The quantitative estimate of drug-likeness (QED) is 0.648. The van der Waals surface area contributed by atoms with Crippen LogP contribution in [-0.4, -0.2) is 20.5 Å². The summed E-state index contributed by atoms with van der Waals surface area (Å²) in [7, 11) is -2.40. The molecule has 7 nitrogen and oxygen atoms in total. The number of hydrogen-bond acceptors (Lipinski definition) is 5. The smallest absolute Gasteiger partial charge is 0.269 e. The van der Waals surface area contributed by atoms with E-state index in [1.54, 1.807) is 24.3 Å². The van der Waals surface area contributed by atoms with Crippen LogP contribution < -0.4 is 9.46 Å². The number of rotatable bonds is 6. The highest BCUT2D eigenvalue weighted by Gasteiger charge is 2.18. The topological polar surface area (TPSA) is 98.5 Å². The zero-order valence-corrected chi connectivity index (χ0v) is 12.5. The zero-order chi connectivity index (χ0) is 16.2. The van der Waals surface area contributed by atoms with Crippen molar-refractivity contribution in [3.63, 3.8) is 0 Å². The lowest BCUT2D eigenvalue weighted by atomic mass is 10.2. The van der Waals surface area contributed by atoms with Crippen LogP contribution in [0.1, 0.15) is 5.56 Å². The van der Waals surface area contributed by atoms with Crippen molar-refractivity contribution in [1.82, 2.24) is 4.72 Å². The Morgan fingerprint density at radius 2 is 1.91 bits per heavy atom. The molecular weight excluding hydrogens is 308 g/mol. The Balaban J connectivity index is 2.20. The highest BCUT2D eigenvalue weighted by atomic mass is 32.2. The van der Waals surface area contributed by atoms with Gasteiger partial charge in [0.15, 0.2) is 0 Å². The lowest BCUT2D eigenvalue weighted by Crippen LogP contribution is -2.23. The number of non-ortho nitro benzene ring substituents is 1. The average molecular weight is 322 g/mol. The van der Waals surface area contributed by atoms with Crippen LogP contribution in [-0.2, 0) is 16.6 Å². The van der Waals surface area contributed by atoms with Gasteiger partial charge in [0.05, 0.1) is 12.0 Å². The number of para-hydroxylation sites is 1. The Kier molecular flexibility index (Phi) is 4.74. The predicted molar refractivity (Wildman–Crippen MR) is 80.1 cm³/mol. The summed E-state index contributed by atoms with van der Waals surface area (Å²) in [5, 5.41) is 10.7. The number of nitrogens with one attached hydrogen (secondary N) is 1. The molecule has 0 aliphatic heterocycles. The van der Waals surface area contributed by atoms with E-state index >= 15 is 0 Å². The molecule has 0 saturated heterocycles. The molecule has 0 fully saturated rings. The van der Waals surface area contributed by atoms with Crippen LogP contribution in [0.3, 0.4) is 0 Å². The minimum Gasteiger partial charge on any atom is -0.495 e. The summed E-state index contributed by atoms with van der Waals surface area (Å²) in [6.45, 7) is -0.0535. The van der Waals surface area contributed by atoms with E-state index in [1.165, 1.54) is 31.4 Å². The van der Waals surface area contributed by atoms with Crippen molar-refractivity contribution in [2.75, 3.05) is 7.11 Å². The summed E-state index contributed by atoms with van der Waals surface area (Å²) in [5.74, 6) is 0.231. The van der Waals surface area contributed by atoms with Crippen molar-refractivity contribution in [1.29, 1.82) is 0 Å². The number of ether oxygens (including phenoxy) is 1. The third-order valence-corrected chi connectivity index (χ3v) is 4.39. The van der Waals surface area contributed by atoms with Gasteiger partial charge in [-0.15, -0.1) is 0 Å². The van der Waals surface area contributed by atoms with E-state index in [0.29, 0.717) is 5.56 Å². The van der Waals surface area contributed by atoms with Gasteiger partial charge >= 0.3 is 0 Å². The third-order valence-electron chi connectivity index (χ3n) is 2.95. The molecule has 0 aromatic heterocycles. The fraction of sp³-hybridized carbons (Fsp3) is 0.143. The highest BCUT2D eigenvalue weighted by molar-refractivity contribution is 7.89. The Morgan fingerprint density at radius 1 is 1.18 bits per heavy atom. The monoisotopic (exact) mass is 322 g/mol. The predicted octanol–water partition coefficient (Wildman–Crippen LogP) is 2.08. The third kappa shape index (κ3) is 3.60. The molecule has 116 valence electrons. The summed E-state index contributed by atoms with van der Waals surface area (Å²) in [5.41, 5.74) is 0.404. The van der Waals surface area contributed by atoms with Gasteiger partial charge < -0.3 is 4.74 Å². The van der Waals surface area contributed by atoms with E-state index in [-0.39, 0.29) is 22.9 Å². The fourth-order valence-corrected chi connectivity index (χ4v) is 3.06. The Morgan fingerprint density at radius 3 is 2.59 bits per heavy atom. The minimum atomic E-state index is -3.78. The molecule has 2 aromatic rings. The normalized spacial score (nSPS) is 11.1. The van der Waals surface area contributed by atoms with Crippen LogP contribution >= 0.6 is 0 Å². The number of hydrogen-bond donors (Lipinski definition) is 1. The van der Waals surface area contributed by atoms with Crippen LogP contribution in [0.5, 0.6) is 5.75 Å². The van der Waals surface area contributed by atoms with Gasteiger partial charge in [-0.25, -0.2) is 13.1 Å². The van der Waals surface area contributed by atoms with Crippen molar-refractivity contribution >= 4 is 15.7 Å². The summed E-state index contributed by atoms with van der Waals surface area (Å²) < 4.78 is 32.0. The lowest BCUT2D eigenvalue weighted by molar-refractivity contribution is -0.384. The van der Waals surface area contributed by atoms with Crippen LogP contribution in [0.15, 0.2) is 53.4 Å². The first-order valence-electron chi connectivity index (χ1n) is 6.30. The van der Waals surface area contributed by atoms with E-state index in [0.717, 1.165) is 0 Å². The molecular formula is C14H14N2O5S. The standard InChI is InChI=1S/C14H14N2O5S/c1-21-13-7-2-3-8-14(13)22(19,20)15-10-11-5-4-6-12(9-11)16(17)18/h2-9,15H,10H2,1H3. The van der Waals surface area contributed by atoms with Gasteiger partial charge in [-0.2, -0.15) is 0 Å². The van der Waals surface area contributed by atoms with Crippen LogP contribution in [0.2, 0.25) is 0 Å². The van der Waals surface area contributed by atoms with Gasteiger partial charge in [0, 0.05) is 18.7 Å². The number of sulfonamides is 1. The molecule has 0 atom stereocenters. The van der Waals surface area contributed by atoms with E-state index in [9.17, 15) is 18.5 Å². The van der Waals surface area contributed by atoms with Gasteiger partial charge in [0.1, 0.15) is 10.6 Å². The average Bonchev–Trinajstić information content (AvgIpc) is 2.53. The number of nitrogens with zero attached hydrogens (tertiary/aromatic N) is 1. The Labute approximate surface area is 127 Å². The number of nitro groups is 1. The van der Waals surface area contributed by atoms with Crippen LogP contribution in [0, 0.1) is 10.1 Å². The first-order valence-corrected chi connectivity index (χ1v) is 7.78. The van der Waals surface area contributed by atoms with E-state index in [1.807, 2.05) is 0 Å². The molecule has 0 saturated carbocycles. The Bertz CT molecular complexity index is 789. The zero-order valence-electron chi connectivity index (χ0n) is 11.7. The van der Waals surface area contributed by atoms with Crippen LogP contribution in [0.4, 0.5) is 5.69 Å². The van der Waals surface area contributed by atoms with Crippen LogP contribution in [0.25, 0.3) is 0 Å². The molecule has 2 aromatic carbocycles. The molecule has 0 aliphatic rings. The van der Waals surface area contributed by atoms with Gasteiger partial charge in [0.2, 0.25) is 10.0 Å². The second kappa shape index (κ2) is 6.54. The van der Waals surface area contributed by atoms with Crippen molar-refractivity contribution in [3.05, 3.63) is 64.2 Å². The SMILES string of the molecule is COc1ccccc1S(=O)(=O)NCc1cccc([N+](=O)[O-])c1. The second-order valence-electron chi connectivity index (χ2n) is 4.40. The molecule has 0 heterocycles. The number of methoxy groups -OCH3 is 1. The molecule has 0 radical (unpaired) electrons. The summed E-state index contributed by atoms with van der Waals surface area (Å²) >= 11 is 0. The van der Waals surface area contributed by atoms with Gasteiger partial charge in [-0.3, -0.25) is 10.1 Å². The first-order chi connectivity index (χ1) is 10.4. The summed E-state index contributed by atoms with van der Waals surface area (Å²) in [6, 6.07) is 12.0. The minimum absolute atomic E-state index is 0.0166. The summed E-state index contributed by atoms with van der Waals surface area (Å²) in [6.07, 6.45) is 0. The van der Waals surface area contributed by atoms with Gasteiger partial charge in [0.25, 0.3) is 5.69 Å². The van der Waals surface area contributed by atoms with Crippen molar-refractivity contribution in [2.45, 2.75) is 11.4 Å². The molecule has 1 N–H and O–H groups in total. The number of nitro benzene ring substituents is 1. The van der Waals surface area contributed by atoms with E-state index in [2.05, 4.69) is 4.72 Å². The maximum absolute atomic E-state index is 12.3. The lowest BCUT2D eigenvalue weighted by Gasteiger charge is -2.10. The molecule has 0 spiro atoms. The molecule has 0 amide bonds. The molecule has 0 bridgehead atoms. The number of benzene rings is 2.